The Morgan fingerprint density at radius 2 is 1.74 bits per heavy atom. The molecule has 0 aliphatic carbocycles. The molecule has 2 fully saturated rings. The summed E-state index contributed by atoms with van der Waals surface area (Å²) in [6.45, 7) is 4.01. The molecular formula is C20H28N4O2S. The summed E-state index contributed by atoms with van der Waals surface area (Å²) in [6, 6.07) is 6.33. The summed E-state index contributed by atoms with van der Waals surface area (Å²) in [7, 11) is -3.38. The first-order chi connectivity index (χ1) is 13.0. The maximum atomic E-state index is 12.3. The summed E-state index contributed by atoms with van der Waals surface area (Å²) >= 11 is 0. The molecule has 2 aliphatic rings. The number of nitrogens with zero attached hydrogens (tertiary/aromatic N) is 2. The van der Waals surface area contributed by atoms with E-state index in [1.807, 2.05) is 16.8 Å². The highest BCUT2D eigenvalue weighted by Crippen LogP contribution is 2.30. The molecule has 7 heteroatoms. The van der Waals surface area contributed by atoms with Crippen molar-refractivity contribution >= 4 is 26.8 Å². The lowest BCUT2D eigenvalue weighted by Crippen LogP contribution is -2.29. The fourth-order valence-corrected chi connectivity index (χ4v) is 4.92. The van der Waals surface area contributed by atoms with Crippen molar-refractivity contribution in [2.75, 3.05) is 32.4 Å². The molecule has 2 aromatic rings. The van der Waals surface area contributed by atoms with Crippen molar-refractivity contribution in [3.63, 3.8) is 0 Å². The van der Waals surface area contributed by atoms with Crippen LogP contribution in [-0.4, -0.2) is 50.6 Å². The molecule has 0 unspecified atom stereocenters. The van der Waals surface area contributed by atoms with E-state index in [1.54, 1.807) is 0 Å². The van der Waals surface area contributed by atoms with E-state index >= 15 is 0 Å². The summed E-state index contributed by atoms with van der Waals surface area (Å²) in [6.07, 6.45) is 9.89. The molecule has 0 atom stereocenters. The zero-order valence-electron chi connectivity index (χ0n) is 15.8. The van der Waals surface area contributed by atoms with Gasteiger partial charge in [-0.05, 0) is 75.5 Å². The van der Waals surface area contributed by atoms with E-state index in [0.717, 1.165) is 68.3 Å². The lowest BCUT2D eigenvalue weighted by atomic mass is 9.97. The minimum absolute atomic E-state index is 0.202. The van der Waals surface area contributed by atoms with Crippen molar-refractivity contribution < 1.29 is 8.42 Å². The van der Waals surface area contributed by atoms with E-state index in [9.17, 15) is 8.42 Å². The van der Waals surface area contributed by atoms with Crippen LogP contribution >= 0.6 is 0 Å². The molecule has 4 rings (SSSR count). The van der Waals surface area contributed by atoms with Crippen LogP contribution in [-0.2, 0) is 9.84 Å². The van der Waals surface area contributed by atoms with Crippen LogP contribution in [0, 0.1) is 5.92 Å². The Labute approximate surface area is 160 Å². The van der Waals surface area contributed by atoms with Gasteiger partial charge >= 0.3 is 0 Å². The predicted octanol–water partition coefficient (Wildman–Crippen LogP) is 2.38. The van der Waals surface area contributed by atoms with E-state index in [0.29, 0.717) is 5.92 Å². The van der Waals surface area contributed by atoms with Gasteiger partial charge in [0.05, 0.1) is 11.6 Å². The quantitative estimate of drug-likeness (QED) is 0.841. The van der Waals surface area contributed by atoms with E-state index in [1.165, 1.54) is 6.26 Å². The van der Waals surface area contributed by atoms with Crippen LogP contribution in [0.1, 0.15) is 37.3 Å². The predicted molar refractivity (Wildman–Crippen MR) is 109 cm³/mol. The van der Waals surface area contributed by atoms with Gasteiger partial charge in [0.1, 0.15) is 0 Å². The summed E-state index contributed by atoms with van der Waals surface area (Å²) in [5, 5.41) is 12.2. The molecular weight excluding hydrogens is 360 g/mol. The molecule has 1 aromatic carbocycles. The minimum Gasteiger partial charge on any atom is -0.317 e. The van der Waals surface area contributed by atoms with Crippen LogP contribution in [0.5, 0.6) is 0 Å². The lowest BCUT2D eigenvalue weighted by molar-refractivity contribution is 0.347. The number of rotatable bonds is 4. The summed E-state index contributed by atoms with van der Waals surface area (Å²) in [4.78, 5) is 0. The van der Waals surface area contributed by atoms with Crippen molar-refractivity contribution in [2.45, 2.75) is 36.8 Å². The van der Waals surface area contributed by atoms with Gasteiger partial charge in [0.15, 0.2) is 14.9 Å². The molecule has 0 amide bonds. The lowest BCUT2D eigenvalue weighted by Gasteiger charge is -2.23. The highest BCUT2D eigenvalue weighted by atomic mass is 32.2. The monoisotopic (exact) mass is 388 g/mol. The molecule has 0 spiro atoms. The number of piperidine rings is 2. The first-order valence-corrected chi connectivity index (χ1v) is 11.7. The first-order valence-electron chi connectivity index (χ1n) is 9.84. The third-order valence-corrected chi connectivity index (χ3v) is 6.65. The van der Waals surface area contributed by atoms with Gasteiger partial charge in [0.2, 0.25) is 0 Å². The Morgan fingerprint density at radius 1 is 1.07 bits per heavy atom. The van der Waals surface area contributed by atoms with Crippen LogP contribution < -0.4 is 10.6 Å². The number of benzene rings is 1. The van der Waals surface area contributed by atoms with Crippen molar-refractivity contribution in [3.8, 4) is 0 Å². The standard InChI is InChI=1S/C20H28N4O2S/c1-27(25,26)20-18-14-16(3-2-15-6-10-21-11-7-15)4-5-19(18)24(23-20)17-8-12-22-13-9-17/h2-5,14-15,17,21-22H,6-13H2,1H3. The van der Waals surface area contributed by atoms with Gasteiger partial charge in [-0.25, -0.2) is 8.42 Å². The molecule has 0 saturated carbocycles. The highest BCUT2D eigenvalue weighted by Gasteiger charge is 2.24. The Kier molecular flexibility index (Phi) is 5.34. The fraction of sp³-hybridized carbons (Fsp3) is 0.550. The minimum atomic E-state index is -3.38. The molecule has 2 saturated heterocycles. The molecule has 27 heavy (non-hydrogen) atoms. The van der Waals surface area contributed by atoms with Gasteiger partial charge in [-0.15, -0.1) is 0 Å². The van der Waals surface area contributed by atoms with E-state index < -0.39 is 9.84 Å². The molecule has 146 valence electrons. The van der Waals surface area contributed by atoms with Crippen LogP contribution in [0.25, 0.3) is 17.0 Å². The number of hydrogen-bond donors (Lipinski definition) is 2. The van der Waals surface area contributed by atoms with Crippen LogP contribution in [0.2, 0.25) is 0 Å². The van der Waals surface area contributed by atoms with Gasteiger partial charge < -0.3 is 10.6 Å². The fourth-order valence-electron chi connectivity index (χ4n) is 4.12. The van der Waals surface area contributed by atoms with Crippen molar-refractivity contribution in [1.29, 1.82) is 0 Å². The van der Waals surface area contributed by atoms with E-state index in [2.05, 4.69) is 34.0 Å². The molecule has 6 nitrogen and oxygen atoms in total. The topological polar surface area (TPSA) is 76.0 Å². The maximum absolute atomic E-state index is 12.3. The van der Waals surface area contributed by atoms with Crippen molar-refractivity contribution in [1.82, 2.24) is 20.4 Å². The maximum Gasteiger partial charge on any atom is 0.195 e. The number of aromatic nitrogens is 2. The Balaban J connectivity index is 1.71. The number of allylic oxidation sites excluding steroid dienone is 1. The second-order valence-corrected chi connectivity index (χ2v) is 9.66. The normalized spacial score (nSPS) is 20.6. The first kappa shape index (κ1) is 18.7. The average molecular weight is 389 g/mol. The number of fused-ring (bicyclic) bond motifs is 1. The van der Waals surface area contributed by atoms with Gasteiger partial charge in [-0.2, -0.15) is 5.10 Å². The van der Waals surface area contributed by atoms with Gasteiger partial charge in [-0.1, -0.05) is 18.2 Å². The second-order valence-electron chi connectivity index (χ2n) is 7.73. The highest BCUT2D eigenvalue weighted by molar-refractivity contribution is 7.90. The summed E-state index contributed by atoms with van der Waals surface area (Å²) in [5.41, 5.74) is 1.96. The van der Waals surface area contributed by atoms with Gasteiger partial charge in [-0.3, -0.25) is 4.68 Å². The zero-order chi connectivity index (χ0) is 18.9. The van der Waals surface area contributed by atoms with Crippen LogP contribution in [0.3, 0.4) is 0 Å². The molecule has 2 N–H and O–H groups in total. The molecule has 3 heterocycles. The number of hydrogen-bond acceptors (Lipinski definition) is 5. The smallest absolute Gasteiger partial charge is 0.195 e. The van der Waals surface area contributed by atoms with Gasteiger partial charge in [0.25, 0.3) is 0 Å². The molecule has 0 bridgehead atoms. The van der Waals surface area contributed by atoms with Crippen LogP contribution in [0.15, 0.2) is 29.3 Å². The van der Waals surface area contributed by atoms with E-state index in [4.69, 9.17) is 0 Å². The third kappa shape index (κ3) is 4.10. The summed E-state index contributed by atoms with van der Waals surface area (Å²) in [5.74, 6) is 0.591. The SMILES string of the molecule is CS(=O)(=O)c1nn(C2CCNCC2)c2ccc(C=CC3CCNCC3)cc12. The average Bonchev–Trinajstić information content (AvgIpc) is 3.07. The van der Waals surface area contributed by atoms with Crippen molar-refractivity contribution in [2.24, 2.45) is 5.92 Å². The van der Waals surface area contributed by atoms with Crippen molar-refractivity contribution in [3.05, 3.63) is 29.8 Å². The molecule has 0 radical (unpaired) electrons. The Hall–Kier alpha value is -1.70. The van der Waals surface area contributed by atoms with Crippen LogP contribution in [0.4, 0.5) is 0 Å². The van der Waals surface area contributed by atoms with Gasteiger partial charge in [0, 0.05) is 11.6 Å². The number of sulfone groups is 1. The zero-order valence-corrected chi connectivity index (χ0v) is 16.6. The largest absolute Gasteiger partial charge is 0.317 e. The summed E-state index contributed by atoms with van der Waals surface area (Å²) < 4.78 is 26.6. The molecule has 2 aliphatic heterocycles. The number of nitrogens with one attached hydrogen (secondary N) is 2. The second kappa shape index (κ2) is 7.73. The van der Waals surface area contributed by atoms with E-state index in [-0.39, 0.29) is 11.1 Å². The molecule has 1 aromatic heterocycles. The Morgan fingerprint density at radius 3 is 2.41 bits per heavy atom. The third-order valence-electron chi connectivity index (χ3n) is 5.65. The Bertz CT molecular complexity index is 936.